The van der Waals surface area contributed by atoms with Gasteiger partial charge >= 0.3 is 0 Å². The average Bonchev–Trinajstić information content (AvgIpc) is 2.49. The molecule has 98 valence electrons. The summed E-state index contributed by atoms with van der Waals surface area (Å²) in [5.41, 5.74) is 0.556. The maximum atomic E-state index is 11.8. The second kappa shape index (κ2) is 5.73. The van der Waals surface area contributed by atoms with Gasteiger partial charge in [-0.3, -0.25) is 4.79 Å². The highest BCUT2D eigenvalue weighted by atomic mass is 16.5. The summed E-state index contributed by atoms with van der Waals surface area (Å²) in [7, 11) is 1.87. The van der Waals surface area contributed by atoms with Crippen LogP contribution in [-0.4, -0.2) is 38.8 Å². The predicted octanol–water partition coefficient (Wildman–Crippen LogP) is 0.795. The summed E-state index contributed by atoms with van der Waals surface area (Å²) in [6.07, 6.45) is 0. The maximum Gasteiger partial charge on any atom is 0.255 e. The second-order valence-corrected chi connectivity index (χ2v) is 4.30. The number of likely N-dealkylation sites (N-methyl/N-ethyl adjacent to an activating group) is 1. The molecule has 5 heteroatoms. The summed E-state index contributed by atoms with van der Waals surface area (Å²) < 4.78 is 11.1. The van der Waals surface area contributed by atoms with E-state index in [0.29, 0.717) is 30.3 Å². The van der Waals surface area contributed by atoms with Crippen molar-refractivity contribution in [2.45, 2.75) is 13.0 Å². The van der Waals surface area contributed by atoms with Crippen molar-refractivity contribution in [2.24, 2.45) is 0 Å². The summed E-state index contributed by atoms with van der Waals surface area (Å²) >= 11 is 0. The number of fused-ring (bicyclic) bond motifs is 1. The molecule has 1 unspecified atom stereocenters. The van der Waals surface area contributed by atoms with Gasteiger partial charge < -0.3 is 20.1 Å². The Morgan fingerprint density at radius 3 is 3.17 bits per heavy atom. The number of carbonyl (C=O) groups excluding carboxylic acids is 1. The highest BCUT2D eigenvalue weighted by Gasteiger charge is 2.20. The third kappa shape index (κ3) is 2.92. The van der Waals surface area contributed by atoms with Crippen LogP contribution in [0.15, 0.2) is 18.2 Å². The van der Waals surface area contributed by atoms with Crippen molar-refractivity contribution in [2.75, 3.05) is 26.8 Å². The zero-order valence-corrected chi connectivity index (χ0v) is 10.7. The van der Waals surface area contributed by atoms with E-state index in [4.69, 9.17) is 9.47 Å². The third-order valence-electron chi connectivity index (χ3n) is 2.68. The van der Waals surface area contributed by atoms with E-state index in [2.05, 4.69) is 10.6 Å². The molecule has 1 heterocycles. The number of hydrogen-bond donors (Lipinski definition) is 2. The smallest absolute Gasteiger partial charge is 0.255 e. The standard InChI is InChI=1S/C13H18N2O3/c1-9-8-18-12-7-10(17-6-5-14-2)3-4-11(12)13(16)15-9/h3-4,7,9,14H,5-6,8H2,1-2H3,(H,15,16). The van der Waals surface area contributed by atoms with Gasteiger partial charge in [0.05, 0.1) is 11.6 Å². The molecule has 0 saturated carbocycles. The quantitative estimate of drug-likeness (QED) is 0.776. The van der Waals surface area contributed by atoms with Gasteiger partial charge in [0.1, 0.15) is 24.7 Å². The van der Waals surface area contributed by atoms with Crippen LogP contribution in [0.4, 0.5) is 0 Å². The van der Waals surface area contributed by atoms with Gasteiger partial charge in [0, 0.05) is 12.6 Å². The molecule has 1 aromatic rings. The lowest BCUT2D eigenvalue weighted by molar-refractivity contribution is 0.0942. The molecule has 2 N–H and O–H groups in total. The fourth-order valence-corrected chi connectivity index (χ4v) is 1.73. The van der Waals surface area contributed by atoms with Crippen molar-refractivity contribution in [3.05, 3.63) is 23.8 Å². The summed E-state index contributed by atoms with van der Waals surface area (Å²) in [5.74, 6) is 1.20. The second-order valence-electron chi connectivity index (χ2n) is 4.30. The zero-order chi connectivity index (χ0) is 13.0. The molecule has 0 fully saturated rings. The first-order valence-corrected chi connectivity index (χ1v) is 6.06. The van der Waals surface area contributed by atoms with Gasteiger partial charge in [-0.25, -0.2) is 0 Å². The molecule has 1 aliphatic heterocycles. The van der Waals surface area contributed by atoms with E-state index in [1.54, 1.807) is 18.2 Å². The van der Waals surface area contributed by atoms with E-state index in [9.17, 15) is 4.79 Å². The predicted molar refractivity (Wildman–Crippen MR) is 68.3 cm³/mol. The molecule has 2 rings (SSSR count). The van der Waals surface area contributed by atoms with Gasteiger partial charge in [-0.05, 0) is 26.1 Å². The molecule has 1 aliphatic rings. The lowest BCUT2D eigenvalue weighted by Gasteiger charge is -2.10. The van der Waals surface area contributed by atoms with E-state index in [0.717, 1.165) is 6.54 Å². The van der Waals surface area contributed by atoms with Crippen molar-refractivity contribution in [1.82, 2.24) is 10.6 Å². The first-order chi connectivity index (χ1) is 8.70. The molecular formula is C13H18N2O3. The van der Waals surface area contributed by atoms with Gasteiger partial charge in [-0.1, -0.05) is 0 Å². The highest BCUT2D eigenvalue weighted by molar-refractivity contribution is 5.97. The third-order valence-corrected chi connectivity index (χ3v) is 2.68. The van der Waals surface area contributed by atoms with Crippen LogP contribution in [0.2, 0.25) is 0 Å². The number of rotatable bonds is 4. The number of carbonyl (C=O) groups is 1. The van der Waals surface area contributed by atoms with Crippen molar-refractivity contribution in [3.8, 4) is 11.5 Å². The molecule has 5 nitrogen and oxygen atoms in total. The summed E-state index contributed by atoms with van der Waals surface area (Å²) in [6.45, 7) is 3.74. The molecule has 0 aromatic heterocycles. The van der Waals surface area contributed by atoms with Crippen LogP contribution in [0, 0.1) is 0 Å². The van der Waals surface area contributed by atoms with E-state index in [1.165, 1.54) is 0 Å². The fourth-order valence-electron chi connectivity index (χ4n) is 1.73. The molecular weight excluding hydrogens is 232 g/mol. The highest BCUT2D eigenvalue weighted by Crippen LogP contribution is 2.26. The molecule has 1 aromatic carbocycles. The Labute approximate surface area is 106 Å². The van der Waals surface area contributed by atoms with E-state index in [-0.39, 0.29) is 11.9 Å². The minimum absolute atomic E-state index is 0.0126. The molecule has 0 aliphatic carbocycles. The molecule has 18 heavy (non-hydrogen) atoms. The van der Waals surface area contributed by atoms with Crippen LogP contribution in [-0.2, 0) is 0 Å². The fraction of sp³-hybridized carbons (Fsp3) is 0.462. The van der Waals surface area contributed by atoms with Gasteiger partial charge in [0.15, 0.2) is 0 Å². The minimum atomic E-state index is -0.100. The Morgan fingerprint density at radius 2 is 2.39 bits per heavy atom. The van der Waals surface area contributed by atoms with Crippen LogP contribution in [0.5, 0.6) is 11.5 Å². The molecule has 0 radical (unpaired) electrons. The molecule has 0 saturated heterocycles. The average molecular weight is 250 g/mol. The van der Waals surface area contributed by atoms with Crippen LogP contribution in [0.25, 0.3) is 0 Å². The molecule has 1 atom stereocenters. The van der Waals surface area contributed by atoms with Gasteiger partial charge in [0.25, 0.3) is 5.91 Å². The Kier molecular flexibility index (Phi) is 4.04. The lowest BCUT2D eigenvalue weighted by Crippen LogP contribution is -2.33. The van der Waals surface area contributed by atoms with Gasteiger partial charge in [-0.2, -0.15) is 0 Å². The van der Waals surface area contributed by atoms with E-state index in [1.807, 2.05) is 14.0 Å². The van der Waals surface area contributed by atoms with Crippen LogP contribution < -0.4 is 20.1 Å². The summed E-state index contributed by atoms with van der Waals surface area (Å²) in [5, 5.41) is 5.86. The number of hydrogen-bond acceptors (Lipinski definition) is 4. The lowest BCUT2D eigenvalue weighted by atomic mass is 10.2. The van der Waals surface area contributed by atoms with E-state index < -0.39 is 0 Å². The van der Waals surface area contributed by atoms with Gasteiger partial charge in [0.2, 0.25) is 0 Å². The Balaban J connectivity index is 2.13. The Morgan fingerprint density at radius 1 is 1.56 bits per heavy atom. The van der Waals surface area contributed by atoms with Crippen molar-refractivity contribution >= 4 is 5.91 Å². The topological polar surface area (TPSA) is 59.6 Å². The Bertz CT molecular complexity index is 434. The summed E-state index contributed by atoms with van der Waals surface area (Å²) in [4.78, 5) is 11.8. The number of nitrogens with one attached hydrogen (secondary N) is 2. The molecule has 1 amide bonds. The largest absolute Gasteiger partial charge is 0.492 e. The first-order valence-electron chi connectivity index (χ1n) is 6.06. The SMILES string of the molecule is CNCCOc1ccc2c(c1)OCC(C)NC2=O. The molecule has 0 bridgehead atoms. The maximum absolute atomic E-state index is 11.8. The van der Waals surface area contributed by atoms with Crippen molar-refractivity contribution in [3.63, 3.8) is 0 Å². The van der Waals surface area contributed by atoms with Crippen LogP contribution in [0.3, 0.4) is 0 Å². The van der Waals surface area contributed by atoms with Crippen molar-refractivity contribution < 1.29 is 14.3 Å². The number of amides is 1. The Hall–Kier alpha value is -1.75. The number of ether oxygens (including phenoxy) is 2. The number of benzene rings is 1. The zero-order valence-electron chi connectivity index (χ0n) is 10.7. The van der Waals surface area contributed by atoms with Gasteiger partial charge in [-0.15, -0.1) is 0 Å². The van der Waals surface area contributed by atoms with Crippen LogP contribution >= 0.6 is 0 Å². The van der Waals surface area contributed by atoms with Crippen LogP contribution in [0.1, 0.15) is 17.3 Å². The monoisotopic (exact) mass is 250 g/mol. The van der Waals surface area contributed by atoms with Crippen molar-refractivity contribution in [1.29, 1.82) is 0 Å². The molecule has 0 spiro atoms. The minimum Gasteiger partial charge on any atom is -0.492 e. The van der Waals surface area contributed by atoms with E-state index >= 15 is 0 Å². The summed E-state index contributed by atoms with van der Waals surface area (Å²) in [6, 6.07) is 5.30. The first kappa shape index (κ1) is 12.7. The normalized spacial score (nSPS) is 18.3.